The first-order valence-electron chi connectivity index (χ1n) is 9.97. The first-order valence-corrected chi connectivity index (χ1v) is 9.97. The standard InChI is InChI=1S/C22H31NO4/c1-4-27-22(26)20(24)19(14-16-8-6-5-7-9-16)23-21(25)18-12-10-17(11-13-18)15(2)3/h5-9,15,17-19H,4,10-14H2,1-3H3,(H,23,25)/t17?,18?,19-/m1/s1. The van der Waals surface area contributed by atoms with Crippen molar-refractivity contribution in [2.45, 2.75) is 58.9 Å². The van der Waals surface area contributed by atoms with Crippen LogP contribution in [0.3, 0.4) is 0 Å². The maximum atomic E-state index is 12.7. The van der Waals surface area contributed by atoms with E-state index in [9.17, 15) is 14.4 Å². The summed E-state index contributed by atoms with van der Waals surface area (Å²) in [5, 5.41) is 2.83. The molecule has 1 N–H and O–H groups in total. The zero-order valence-electron chi connectivity index (χ0n) is 16.6. The molecule has 0 aliphatic heterocycles. The number of benzene rings is 1. The number of amides is 1. The molecule has 5 heteroatoms. The predicted octanol–water partition coefficient (Wildman–Crippen LogP) is 3.31. The zero-order chi connectivity index (χ0) is 19.8. The van der Waals surface area contributed by atoms with Gasteiger partial charge in [-0.1, -0.05) is 44.2 Å². The lowest BCUT2D eigenvalue weighted by Gasteiger charge is -2.31. The van der Waals surface area contributed by atoms with Crippen LogP contribution < -0.4 is 5.32 Å². The smallest absolute Gasteiger partial charge is 0.376 e. The van der Waals surface area contributed by atoms with E-state index in [-0.39, 0.29) is 24.9 Å². The number of carbonyl (C=O) groups excluding carboxylic acids is 3. The van der Waals surface area contributed by atoms with E-state index < -0.39 is 17.8 Å². The molecule has 0 aromatic heterocycles. The molecule has 0 bridgehead atoms. The molecule has 0 spiro atoms. The Morgan fingerprint density at radius 1 is 1.07 bits per heavy atom. The molecule has 5 nitrogen and oxygen atoms in total. The van der Waals surface area contributed by atoms with Gasteiger partial charge in [0, 0.05) is 12.3 Å². The van der Waals surface area contributed by atoms with Crippen LogP contribution in [0.25, 0.3) is 0 Å². The summed E-state index contributed by atoms with van der Waals surface area (Å²) in [6, 6.07) is 8.50. The number of esters is 1. The quantitative estimate of drug-likeness (QED) is 0.560. The maximum Gasteiger partial charge on any atom is 0.376 e. The summed E-state index contributed by atoms with van der Waals surface area (Å²) in [5.74, 6) is -0.503. The second kappa shape index (κ2) is 10.2. The van der Waals surface area contributed by atoms with Crippen molar-refractivity contribution in [1.82, 2.24) is 5.32 Å². The van der Waals surface area contributed by atoms with Gasteiger partial charge in [0.2, 0.25) is 5.91 Å². The Bertz CT molecular complexity index is 633. The number of carbonyl (C=O) groups is 3. The minimum absolute atomic E-state index is 0.0896. The van der Waals surface area contributed by atoms with E-state index in [1.807, 2.05) is 30.3 Å². The average molecular weight is 373 g/mol. The molecular weight excluding hydrogens is 342 g/mol. The van der Waals surface area contributed by atoms with E-state index in [4.69, 9.17) is 4.74 Å². The van der Waals surface area contributed by atoms with E-state index in [2.05, 4.69) is 19.2 Å². The SMILES string of the molecule is CCOC(=O)C(=O)[C@@H](Cc1ccccc1)NC(=O)C1CCC(C(C)C)CC1. The highest BCUT2D eigenvalue weighted by Gasteiger charge is 2.32. The number of ether oxygens (including phenoxy) is 1. The summed E-state index contributed by atoms with van der Waals surface area (Å²) in [4.78, 5) is 37.2. The summed E-state index contributed by atoms with van der Waals surface area (Å²) in [5.41, 5.74) is 0.893. The fourth-order valence-corrected chi connectivity index (χ4v) is 3.74. The Hall–Kier alpha value is -2.17. The van der Waals surface area contributed by atoms with Crippen LogP contribution in [0.2, 0.25) is 0 Å². The zero-order valence-corrected chi connectivity index (χ0v) is 16.6. The van der Waals surface area contributed by atoms with Gasteiger partial charge in [0.05, 0.1) is 6.61 Å². The van der Waals surface area contributed by atoms with Crippen molar-refractivity contribution >= 4 is 17.7 Å². The van der Waals surface area contributed by atoms with Crippen LogP contribution in [-0.4, -0.2) is 30.3 Å². The van der Waals surface area contributed by atoms with Crippen molar-refractivity contribution in [1.29, 1.82) is 0 Å². The van der Waals surface area contributed by atoms with E-state index in [1.165, 1.54) is 0 Å². The van der Waals surface area contributed by atoms with Gasteiger partial charge < -0.3 is 10.1 Å². The molecule has 1 aliphatic carbocycles. The van der Waals surface area contributed by atoms with Gasteiger partial charge in [0.25, 0.3) is 5.78 Å². The lowest BCUT2D eigenvalue weighted by Crippen LogP contribution is -2.48. The first kappa shape index (κ1) is 21.1. The average Bonchev–Trinajstić information content (AvgIpc) is 2.67. The molecule has 1 saturated carbocycles. The molecule has 27 heavy (non-hydrogen) atoms. The first-order chi connectivity index (χ1) is 12.9. The van der Waals surface area contributed by atoms with Crippen molar-refractivity contribution in [2.75, 3.05) is 6.61 Å². The Balaban J connectivity index is 2.03. The van der Waals surface area contributed by atoms with E-state index in [1.54, 1.807) is 6.92 Å². The molecule has 1 amide bonds. The topological polar surface area (TPSA) is 72.5 Å². The van der Waals surface area contributed by atoms with Gasteiger partial charge in [-0.3, -0.25) is 9.59 Å². The van der Waals surface area contributed by atoms with E-state index in [0.29, 0.717) is 11.8 Å². The van der Waals surface area contributed by atoms with Crippen LogP contribution in [0, 0.1) is 17.8 Å². The highest BCUT2D eigenvalue weighted by atomic mass is 16.5. The van der Waals surface area contributed by atoms with Gasteiger partial charge in [-0.25, -0.2) is 4.79 Å². The Morgan fingerprint density at radius 2 is 1.70 bits per heavy atom. The van der Waals surface area contributed by atoms with Crippen molar-refractivity contribution in [3.05, 3.63) is 35.9 Å². The molecule has 1 aliphatic rings. The fraction of sp³-hybridized carbons (Fsp3) is 0.591. The van der Waals surface area contributed by atoms with Crippen LogP contribution in [0.1, 0.15) is 52.0 Å². The molecule has 1 aromatic rings. The lowest BCUT2D eigenvalue weighted by atomic mass is 9.76. The minimum Gasteiger partial charge on any atom is -0.460 e. The molecule has 0 radical (unpaired) electrons. The molecule has 0 saturated heterocycles. The summed E-state index contributed by atoms with van der Waals surface area (Å²) in [6.07, 6.45) is 4.02. The number of hydrogen-bond donors (Lipinski definition) is 1. The minimum atomic E-state index is -0.887. The molecule has 148 valence electrons. The fourth-order valence-electron chi connectivity index (χ4n) is 3.74. The summed E-state index contributed by atoms with van der Waals surface area (Å²) in [7, 11) is 0. The molecule has 0 heterocycles. The Morgan fingerprint density at radius 3 is 2.26 bits per heavy atom. The number of Topliss-reactive ketones (excluding diaryl/α,β-unsaturated/α-hetero) is 1. The van der Waals surface area contributed by atoms with Gasteiger partial charge in [-0.05, 0) is 50.0 Å². The number of rotatable bonds is 8. The molecule has 1 fully saturated rings. The molecule has 0 unspecified atom stereocenters. The third-order valence-corrected chi connectivity index (χ3v) is 5.48. The van der Waals surface area contributed by atoms with Crippen LogP contribution in [0.4, 0.5) is 0 Å². The summed E-state index contributed by atoms with van der Waals surface area (Å²) >= 11 is 0. The molecule has 1 atom stereocenters. The normalized spacial score (nSPS) is 20.7. The summed E-state index contributed by atoms with van der Waals surface area (Å²) < 4.78 is 4.85. The van der Waals surface area contributed by atoms with E-state index >= 15 is 0 Å². The van der Waals surface area contributed by atoms with Crippen molar-refractivity contribution < 1.29 is 19.1 Å². The number of hydrogen-bond acceptors (Lipinski definition) is 4. The third-order valence-electron chi connectivity index (χ3n) is 5.48. The predicted molar refractivity (Wildman–Crippen MR) is 104 cm³/mol. The lowest BCUT2D eigenvalue weighted by molar-refractivity contribution is -0.154. The second-order valence-electron chi connectivity index (χ2n) is 7.69. The highest BCUT2D eigenvalue weighted by molar-refractivity contribution is 6.36. The van der Waals surface area contributed by atoms with Crippen LogP contribution in [0.15, 0.2) is 30.3 Å². The van der Waals surface area contributed by atoms with Gasteiger partial charge in [-0.15, -0.1) is 0 Å². The Labute approximate surface area is 161 Å². The summed E-state index contributed by atoms with van der Waals surface area (Å²) in [6.45, 7) is 6.23. The number of ketones is 1. The van der Waals surface area contributed by atoms with Gasteiger partial charge >= 0.3 is 5.97 Å². The van der Waals surface area contributed by atoms with E-state index in [0.717, 1.165) is 31.2 Å². The number of nitrogens with one attached hydrogen (secondary N) is 1. The molecular formula is C22H31NO4. The van der Waals surface area contributed by atoms with Gasteiger partial charge in [-0.2, -0.15) is 0 Å². The van der Waals surface area contributed by atoms with Gasteiger partial charge in [0.1, 0.15) is 6.04 Å². The van der Waals surface area contributed by atoms with Gasteiger partial charge in [0.15, 0.2) is 0 Å². The largest absolute Gasteiger partial charge is 0.460 e. The van der Waals surface area contributed by atoms with Crippen LogP contribution >= 0.6 is 0 Å². The molecule has 1 aromatic carbocycles. The monoisotopic (exact) mass is 373 g/mol. The van der Waals surface area contributed by atoms with Crippen LogP contribution in [-0.2, 0) is 25.5 Å². The Kier molecular flexibility index (Phi) is 8.01. The third kappa shape index (κ3) is 6.19. The van der Waals surface area contributed by atoms with Crippen molar-refractivity contribution in [2.24, 2.45) is 17.8 Å². The second-order valence-corrected chi connectivity index (χ2v) is 7.69. The van der Waals surface area contributed by atoms with Crippen molar-refractivity contribution in [3.8, 4) is 0 Å². The molecule has 2 rings (SSSR count). The van der Waals surface area contributed by atoms with Crippen molar-refractivity contribution in [3.63, 3.8) is 0 Å². The maximum absolute atomic E-state index is 12.7. The van der Waals surface area contributed by atoms with Crippen LogP contribution in [0.5, 0.6) is 0 Å². The highest BCUT2D eigenvalue weighted by Crippen LogP contribution is 2.33.